The normalized spacial score (nSPS) is 28.1. The average molecular weight is 661 g/mol. The maximum absolute atomic E-state index is 12.5. The van der Waals surface area contributed by atoms with E-state index in [4.69, 9.17) is 34.8 Å². The highest BCUT2D eigenvalue weighted by molar-refractivity contribution is 8.01. The topological polar surface area (TPSA) is 23.5 Å². The van der Waals surface area contributed by atoms with Crippen molar-refractivity contribution in [3.63, 3.8) is 0 Å². The summed E-state index contributed by atoms with van der Waals surface area (Å²) >= 11 is 23.5. The minimum Gasteiger partial charge on any atom is -0.313 e. The molecule has 0 radical (unpaired) electrons. The van der Waals surface area contributed by atoms with Crippen LogP contribution in [-0.4, -0.2) is 31.3 Å². The summed E-state index contributed by atoms with van der Waals surface area (Å²) in [6.45, 7) is 0. The lowest BCUT2D eigenvalue weighted by Crippen LogP contribution is -2.52. The Kier molecular flexibility index (Phi) is 10.8. The molecule has 3 aromatic carbocycles. The van der Waals surface area contributed by atoms with Crippen LogP contribution in [0.5, 0.6) is 0 Å². The number of hydrogen-bond donors (Lipinski definition) is 1. The van der Waals surface area contributed by atoms with Gasteiger partial charge in [0.25, 0.3) is 0 Å². The summed E-state index contributed by atoms with van der Waals surface area (Å²) < 4.78 is 0. The molecule has 2 aliphatic carbocycles. The van der Waals surface area contributed by atoms with Gasteiger partial charge >= 0.3 is 0 Å². The van der Waals surface area contributed by atoms with Crippen LogP contribution in [0.4, 0.5) is 0 Å². The van der Waals surface area contributed by atoms with Crippen molar-refractivity contribution in [2.75, 3.05) is 0 Å². The monoisotopic (exact) mass is 659 g/mol. The van der Waals surface area contributed by atoms with Crippen LogP contribution in [-0.2, 0) is 0 Å². The fourth-order valence-electron chi connectivity index (χ4n) is 7.29. The van der Waals surface area contributed by atoms with Gasteiger partial charge in [0.15, 0.2) is 0 Å². The van der Waals surface area contributed by atoms with Crippen molar-refractivity contribution in [2.45, 2.75) is 103 Å². The highest BCUT2D eigenvalue weighted by Crippen LogP contribution is 2.58. The molecule has 3 aliphatic rings. The van der Waals surface area contributed by atoms with E-state index in [2.05, 4.69) is 59.9 Å². The van der Waals surface area contributed by atoms with E-state index in [1.165, 1.54) is 69.8 Å². The Morgan fingerprint density at radius 3 is 1.19 bits per heavy atom. The largest absolute Gasteiger partial charge is 0.313 e. The molecule has 1 saturated heterocycles. The van der Waals surface area contributed by atoms with Crippen molar-refractivity contribution in [3.05, 3.63) is 105 Å². The fraction of sp³-hybridized carbons (Fsp3) is 0.486. The maximum Gasteiger partial charge on any atom is 0.0732 e. The molecule has 2 nitrogen and oxygen atoms in total. The molecule has 224 valence electrons. The lowest BCUT2D eigenvalue weighted by atomic mass is 9.77. The Labute approximate surface area is 274 Å². The average Bonchev–Trinajstić information content (AvgIpc) is 3.01. The van der Waals surface area contributed by atoms with Crippen molar-refractivity contribution in [1.82, 2.24) is 5.06 Å². The van der Waals surface area contributed by atoms with Gasteiger partial charge in [-0.05, 0) is 78.8 Å². The van der Waals surface area contributed by atoms with Gasteiger partial charge in [-0.1, -0.05) is 110 Å². The second kappa shape index (κ2) is 14.5. The number of piperidine rings is 1. The van der Waals surface area contributed by atoms with Gasteiger partial charge < -0.3 is 5.21 Å². The van der Waals surface area contributed by atoms with Crippen molar-refractivity contribution in [2.24, 2.45) is 0 Å². The molecule has 7 heteroatoms. The first-order valence-electron chi connectivity index (χ1n) is 15.5. The van der Waals surface area contributed by atoms with Crippen LogP contribution in [0, 0.1) is 0 Å². The van der Waals surface area contributed by atoms with Crippen molar-refractivity contribution < 1.29 is 5.21 Å². The Balaban J connectivity index is 1.51. The number of hydrogen-bond acceptors (Lipinski definition) is 4. The van der Waals surface area contributed by atoms with Gasteiger partial charge in [0, 0.05) is 42.0 Å². The molecule has 3 fully saturated rings. The number of benzene rings is 3. The lowest BCUT2D eigenvalue weighted by molar-refractivity contribution is -0.181. The van der Waals surface area contributed by atoms with Crippen LogP contribution in [0.3, 0.4) is 0 Å². The van der Waals surface area contributed by atoms with Crippen molar-refractivity contribution in [1.29, 1.82) is 0 Å². The third-order valence-electron chi connectivity index (χ3n) is 9.38. The third-order valence-corrected chi connectivity index (χ3v) is 13.6. The number of rotatable bonds is 7. The first-order chi connectivity index (χ1) is 20.5. The summed E-state index contributed by atoms with van der Waals surface area (Å²) in [5.41, 5.74) is 3.52. The number of thioether (sulfide) groups is 2. The second-order valence-corrected chi connectivity index (χ2v) is 16.4. The molecule has 1 N–H and O–H groups in total. The van der Waals surface area contributed by atoms with Gasteiger partial charge in [-0.15, -0.1) is 0 Å². The number of nitrogens with zero attached hydrogens (tertiary/aromatic N) is 1. The van der Waals surface area contributed by atoms with Crippen molar-refractivity contribution >= 4 is 58.3 Å². The molecule has 0 aromatic heterocycles. The summed E-state index contributed by atoms with van der Waals surface area (Å²) in [5.74, 6) is 0.214. The van der Waals surface area contributed by atoms with Crippen LogP contribution < -0.4 is 0 Å². The zero-order valence-electron chi connectivity index (χ0n) is 23.9. The molecule has 6 rings (SSSR count). The highest BCUT2D eigenvalue weighted by atomic mass is 35.5. The molecule has 1 heterocycles. The van der Waals surface area contributed by atoms with Gasteiger partial charge in [0.1, 0.15) is 0 Å². The Morgan fingerprint density at radius 2 is 0.833 bits per heavy atom. The first kappa shape index (κ1) is 31.1. The van der Waals surface area contributed by atoms with E-state index in [9.17, 15) is 5.21 Å². The SMILES string of the molecule is ON1[C@H](c2ccc(Cl)cc2)[C@@H](SC2CCCCC2)C(c2ccc(Cl)cc2)[C@H](SC2CCCCC2)[C@@H]1c1ccc(Cl)cc1. The fourth-order valence-corrected chi connectivity index (χ4v) is 11.7. The molecule has 42 heavy (non-hydrogen) atoms. The molecule has 0 amide bonds. The van der Waals surface area contributed by atoms with E-state index in [0.717, 1.165) is 16.1 Å². The smallest absolute Gasteiger partial charge is 0.0732 e. The minimum absolute atomic E-state index is 0.157. The Hall–Kier alpha value is -0.850. The van der Waals surface area contributed by atoms with E-state index < -0.39 is 0 Å². The Bertz CT molecular complexity index is 1200. The summed E-state index contributed by atoms with van der Waals surface area (Å²) in [6, 6.07) is 24.5. The molecule has 1 aliphatic heterocycles. The third kappa shape index (κ3) is 7.17. The van der Waals surface area contributed by atoms with Crippen LogP contribution in [0.25, 0.3) is 0 Å². The summed E-state index contributed by atoms with van der Waals surface area (Å²) in [6.07, 6.45) is 12.8. The van der Waals surface area contributed by atoms with Gasteiger partial charge in [0.2, 0.25) is 0 Å². The maximum atomic E-state index is 12.5. The van der Waals surface area contributed by atoms with Crippen LogP contribution in [0.15, 0.2) is 72.8 Å². The standard InChI is InChI=1S/C35H40Cl3NOS2/c36-26-17-11-23(12-18-26)31-34(41-29-7-3-1-4-8-29)32(24-13-19-27(37)20-14-24)39(40)33(25-15-21-28(38)22-16-25)35(31)42-30-9-5-2-6-10-30/h11-22,29-35,40H,1-10H2/t31?,32-,33+,34-,35-/m0/s1. The summed E-state index contributed by atoms with van der Waals surface area (Å²) in [7, 11) is 0. The first-order valence-corrected chi connectivity index (χ1v) is 18.5. The van der Waals surface area contributed by atoms with Crippen LogP contribution >= 0.6 is 58.3 Å². The molecule has 2 saturated carbocycles. The van der Waals surface area contributed by atoms with Crippen molar-refractivity contribution in [3.8, 4) is 0 Å². The van der Waals surface area contributed by atoms with E-state index in [0.29, 0.717) is 20.5 Å². The van der Waals surface area contributed by atoms with Gasteiger partial charge in [-0.25, -0.2) is 0 Å². The molecule has 3 aromatic rings. The zero-order valence-corrected chi connectivity index (χ0v) is 27.8. The zero-order chi connectivity index (χ0) is 29.1. The molecule has 5 atom stereocenters. The number of halogens is 3. The Morgan fingerprint density at radius 1 is 0.500 bits per heavy atom. The molecule has 0 bridgehead atoms. The molecular formula is C35H40Cl3NOS2. The van der Waals surface area contributed by atoms with E-state index in [-0.39, 0.29) is 28.5 Å². The number of hydroxylamine groups is 2. The predicted molar refractivity (Wildman–Crippen MR) is 183 cm³/mol. The quantitative estimate of drug-likeness (QED) is 0.272. The highest BCUT2D eigenvalue weighted by Gasteiger charge is 2.52. The van der Waals surface area contributed by atoms with Gasteiger partial charge in [-0.2, -0.15) is 28.6 Å². The van der Waals surface area contributed by atoms with E-state index in [1.54, 1.807) is 5.06 Å². The lowest BCUT2D eigenvalue weighted by Gasteiger charge is -2.53. The summed E-state index contributed by atoms with van der Waals surface area (Å²) in [5, 5.41) is 17.9. The van der Waals surface area contributed by atoms with E-state index >= 15 is 0 Å². The second-order valence-electron chi connectivity index (χ2n) is 12.2. The van der Waals surface area contributed by atoms with Crippen LogP contribution in [0.2, 0.25) is 15.1 Å². The van der Waals surface area contributed by atoms with Crippen LogP contribution in [0.1, 0.15) is 98.9 Å². The van der Waals surface area contributed by atoms with E-state index in [1.807, 2.05) is 36.4 Å². The minimum atomic E-state index is -0.196. The predicted octanol–water partition coefficient (Wildman–Crippen LogP) is 11.8. The van der Waals surface area contributed by atoms with Gasteiger partial charge in [0.05, 0.1) is 12.1 Å². The van der Waals surface area contributed by atoms with Gasteiger partial charge in [-0.3, -0.25) is 0 Å². The molecular weight excluding hydrogens is 621 g/mol. The molecule has 1 unspecified atom stereocenters. The molecule has 0 spiro atoms. The summed E-state index contributed by atoms with van der Waals surface area (Å²) in [4.78, 5) is 0.